The summed E-state index contributed by atoms with van der Waals surface area (Å²) in [4.78, 5) is 13.5. The zero-order chi connectivity index (χ0) is 15.7. The van der Waals surface area contributed by atoms with Crippen molar-refractivity contribution in [1.29, 1.82) is 0 Å². The average molecular weight is 295 g/mol. The van der Waals surface area contributed by atoms with E-state index in [2.05, 4.69) is 13.0 Å². The number of hydrogen-bond donors (Lipinski definition) is 0. The highest BCUT2D eigenvalue weighted by atomic mass is 16.6. The van der Waals surface area contributed by atoms with Gasteiger partial charge in [0, 0.05) is 13.1 Å². The SMILES string of the molecule is CCCCCCCCCC=C1CN(C(=O)OC(C)(C)C)C1. The summed E-state index contributed by atoms with van der Waals surface area (Å²) in [6, 6.07) is 0. The summed E-state index contributed by atoms with van der Waals surface area (Å²) in [5.41, 5.74) is 0.987. The van der Waals surface area contributed by atoms with Crippen LogP contribution in [0.3, 0.4) is 0 Å². The Morgan fingerprint density at radius 3 is 2.24 bits per heavy atom. The van der Waals surface area contributed by atoms with E-state index in [0.717, 1.165) is 19.5 Å². The summed E-state index contributed by atoms with van der Waals surface area (Å²) in [7, 11) is 0. The third-order valence-corrected chi connectivity index (χ3v) is 3.68. The van der Waals surface area contributed by atoms with E-state index < -0.39 is 5.60 Å². The molecular formula is C18H33NO2. The van der Waals surface area contributed by atoms with E-state index >= 15 is 0 Å². The van der Waals surface area contributed by atoms with Crippen LogP contribution >= 0.6 is 0 Å². The molecule has 1 saturated heterocycles. The van der Waals surface area contributed by atoms with Crippen molar-refractivity contribution >= 4 is 6.09 Å². The van der Waals surface area contributed by atoms with Gasteiger partial charge in [0.15, 0.2) is 0 Å². The molecule has 0 saturated carbocycles. The minimum atomic E-state index is -0.395. The van der Waals surface area contributed by atoms with E-state index in [0.29, 0.717) is 0 Å². The van der Waals surface area contributed by atoms with Gasteiger partial charge in [-0.1, -0.05) is 51.5 Å². The molecule has 0 N–H and O–H groups in total. The van der Waals surface area contributed by atoms with Gasteiger partial charge in [-0.2, -0.15) is 0 Å². The summed E-state index contributed by atoms with van der Waals surface area (Å²) in [6.07, 6.45) is 12.7. The Balaban J connectivity index is 2.02. The summed E-state index contributed by atoms with van der Waals surface area (Å²) in [5.74, 6) is 0. The highest BCUT2D eigenvalue weighted by molar-refractivity contribution is 5.70. The fourth-order valence-corrected chi connectivity index (χ4v) is 2.44. The van der Waals surface area contributed by atoms with Crippen molar-refractivity contribution in [3.05, 3.63) is 11.6 Å². The van der Waals surface area contributed by atoms with Crippen LogP contribution in [-0.4, -0.2) is 29.7 Å². The molecule has 0 bridgehead atoms. The normalized spacial score (nSPS) is 14.9. The van der Waals surface area contributed by atoms with Crippen LogP contribution in [0.25, 0.3) is 0 Å². The van der Waals surface area contributed by atoms with Crippen LogP contribution in [-0.2, 0) is 4.74 Å². The van der Waals surface area contributed by atoms with E-state index in [-0.39, 0.29) is 6.09 Å². The van der Waals surface area contributed by atoms with E-state index in [4.69, 9.17) is 4.74 Å². The molecule has 1 amide bonds. The van der Waals surface area contributed by atoms with Crippen LogP contribution in [0.4, 0.5) is 4.79 Å². The van der Waals surface area contributed by atoms with Crippen molar-refractivity contribution in [3.63, 3.8) is 0 Å². The van der Waals surface area contributed by atoms with Crippen molar-refractivity contribution in [2.75, 3.05) is 13.1 Å². The van der Waals surface area contributed by atoms with Crippen molar-refractivity contribution in [3.8, 4) is 0 Å². The Morgan fingerprint density at radius 1 is 1.10 bits per heavy atom. The summed E-state index contributed by atoms with van der Waals surface area (Å²) in [6.45, 7) is 9.48. The van der Waals surface area contributed by atoms with Crippen molar-refractivity contribution in [1.82, 2.24) is 4.90 Å². The minimum Gasteiger partial charge on any atom is -0.444 e. The molecule has 3 nitrogen and oxygen atoms in total. The number of nitrogens with zero attached hydrogens (tertiary/aromatic N) is 1. The van der Waals surface area contributed by atoms with Crippen LogP contribution in [0.2, 0.25) is 0 Å². The minimum absolute atomic E-state index is 0.185. The van der Waals surface area contributed by atoms with Gasteiger partial charge in [-0.3, -0.25) is 0 Å². The molecule has 1 heterocycles. The summed E-state index contributed by atoms with van der Waals surface area (Å²) >= 11 is 0. The molecular weight excluding hydrogens is 262 g/mol. The Kier molecular flexibility index (Phi) is 7.84. The standard InChI is InChI=1S/C18H33NO2/c1-5-6-7-8-9-10-11-12-13-16-14-19(15-16)17(20)21-18(2,3)4/h13H,5-12,14-15H2,1-4H3. The maximum Gasteiger partial charge on any atom is 0.410 e. The molecule has 1 aliphatic rings. The quantitative estimate of drug-likeness (QED) is 0.449. The average Bonchev–Trinajstić information content (AvgIpc) is 2.32. The topological polar surface area (TPSA) is 29.5 Å². The molecule has 0 unspecified atom stereocenters. The Labute approximate surface area is 130 Å². The van der Waals surface area contributed by atoms with Gasteiger partial charge in [0.1, 0.15) is 5.60 Å². The van der Waals surface area contributed by atoms with Gasteiger partial charge in [0.25, 0.3) is 0 Å². The second kappa shape index (κ2) is 9.11. The zero-order valence-corrected chi connectivity index (χ0v) is 14.4. The predicted molar refractivity (Wildman–Crippen MR) is 88.5 cm³/mol. The van der Waals surface area contributed by atoms with Crippen LogP contribution < -0.4 is 0 Å². The number of hydrogen-bond acceptors (Lipinski definition) is 2. The van der Waals surface area contributed by atoms with Gasteiger partial charge >= 0.3 is 6.09 Å². The van der Waals surface area contributed by atoms with Gasteiger partial charge in [-0.05, 0) is 39.2 Å². The molecule has 21 heavy (non-hydrogen) atoms. The van der Waals surface area contributed by atoms with Crippen molar-refractivity contribution < 1.29 is 9.53 Å². The number of ether oxygens (including phenoxy) is 1. The number of carbonyl (C=O) groups excluding carboxylic acids is 1. The number of unbranched alkanes of at least 4 members (excludes halogenated alkanes) is 7. The largest absolute Gasteiger partial charge is 0.444 e. The number of allylic oxidation sites excluding steroid dienone is 1. The zero-order valence-electron chi connectivity index (χ0n) is 14.4. The first-order chi connectivity index (χ1) is 9.92. The molecule has 0 spiro atoms. The molecule has 0 atom stereocenters. The predicted octanol–water partition coefficient (Wildman–Crippen LogP) is 5.30. The van der Waals surface area contributed by atoms with E-state index in [9.17, 15) is 4.79 Å². The monoisotopic (exact) mass is 295 g/mol. The summed E-state index contributed by atoms with van der Waals surface area (Å²) in [5, 5.41) is 0. The third kappa shape index (κ3) is 8.13. The van der Waals surface area contributed by atoms with Crippen LogP contribution in [0.5, 0.6) is 0 Å². The van der Waals surface area contributed by atoms with Gasteiger partial charge < -0.3 is 9.64 Å². The first kappa shape index (κ1) is 18.1. The molecule has 0 aliphatic carbocycles. The van der Waals surface area contributed by atoms with E-state index in [1.807, 2.05) is 20.8 Å². The number of rotatable bonds is 8. The van der Waals surface area contributed by atoms with E-state index in [1.54, 1.807) is 4.90 Å². The molecule has 0 radical (unpaired) electrons. The molecule has 1 fully saturated rings. The lowest BCUT2D eigenvalue weighted by molar-refractivity contribution is 0.0213. The van der Waals surface area contributed by atoms with Crippen molar-refractivity contribution in [2.24, 2.45) is 0 Å². The fraction of sp³-hybridized carbons (Fsp3) is 0.833. The molecule has 3 heteroatoms. The lowest BCUT2D eigenvalue weighted by atomic mass is 10.0. The Hall–Kier alpha value is -0.990. The highest BCUT2D eigenvalue weighted by Gasteiger charge is 2.28. The maximum atomic E-state index is 11.8. The van der Waals surface area contributed by atoms with Crippen LogP contribution in [0.1, 0.15) is 79.1 Å². The lowest BCUT2D eigenvalue weighted by Gasteiger charge is -2.35. The lowest BCUT2D eigenvalue weighted by Crippen LogP contribution is -2.46. The molecule has 1 rings (SSSR count). The first-order valence-corrected chi connectivity index (χ1v) is 8.58. The molecule has 0 aromatic carbocycles. The number of likely N-dealkylation sites (tertiary alicyclic amines) is 1. The summed E-state index contributed by atoms with van der Waals surface area (Å²) < 4.78 is 5.34. The van der Waals surface area contributed by atoms with Gasteiger partial charge in [0.2, 0.25) is 0 Å². The van der Waals surface area contributed by atoms with Crippen molar-refractivity contribution in [2.45, 2.75) is 84.7 Å². The van der Waals surface area contributed by atoms with Crippen LogP contribution in [0, 0.1) is 0 Å². The number of carbonyl (C=O) groups is 1. The molecule has 0 aromatic heterocycles. The molecule has 1 aliphatic heterocycles. The third-order valence-electron chi connectivity index (χ3n) is 3.68. The van der Waals surface area contributed by atoms with Crippen LogP contribution in [0.15, 0.2) is 11.6 Å². The van der Waals surface area contributed by atoms with E-state index in [1.165, 1.54) is 50.5 Å². The Morgan fingerprint density at radius 2 is 1.67 bits per heavy atom. The second-order valence-electron chi connectivity index (χ2n) is 7.11. The maximum absolute atomic E-state index is 11.8. The second-order valence-corrected chi connectivity index (χ2v) is 7.11. The van der Waals surface area contributed by atoms with Gasteiger partial charge in [0.05, 0.1) is 0 Å². The molecule has 0 aromatic rings. The number of amides is 1. The molecule has 122 valence electrons. The first-order valence-electron chi connectivity index (χ1n) is 8.58. The smallest absolute Gasteiger partial charge is 0.410 e. The van der Waals surface area contributed by atoms with Gasteiger partial charge in [-0.15, -0.1) is 0 Å². The highest BCUT2D eigenvalue weighted by Crippen LogP contribution is 2.20. The Bertz CT molecular complexity index is 334. The fourth-order valence-electron chi connectivity index (χ4n) is 2.44. The van der Waals surface area contributed by atoms with Gasteiger partial charge in [-0.25, -0.2) is 4.79 Å².